The van der Waals surface area contributed by atoms with Crippen molar-refractivity contribution in [3.63, 3.8) is 0 Å². The fourth-order valence-corrected chi connectivity index (χ4v) is 4.00. The van der Waals surface area contributed by atoms with Crippen LogP contribution in [0, 0.1) is 18.7 Å². The second-order valence-electron chi connectivity index (χ2n) is 6.30. The summed E-state index contributed by atoms with van der Waals surface area (Å²) >= 11 is 0. The van der Waals surface area contributed by atoms with Crippen molar-refractivity contribution < 1.29 is 27.5 Å². The number of carboxylic acids is 1. The Balaban J connectivity index is 1.80. The molecule has 1 aliphatic rings. The molecule has 2 N–H and O–H groups in total. The number of carboxylic acid groups (broad SMARTS) is 1. The van der Waals surface area contributed by atoms with Crippen LogP contribution >= 0.6 is 0 Å². The molecule has 7 nitrogen and oxygen atoms in total. The van der Waals surface area contributed by atoms with Gasteiger partial charge in [0.2, 0.25) is 5.91 Å². The second-order valence-corrected chi connectivity index (χ2v) is 7.98. The van der Waals surface area contributed by atoms with Crippen LogP contribution in [0.25, 0.3) is 0 Å². The maximum Gasteiger partial charge on any atom is 0.308 e. The van der Waals surface area contributed by atoms with E-state index in [-0.39, 0.29) is 29.5 Å². The van der Waals surface area contributed by atoms with Gasteiger partial charge in [-0.05, 0) is 55.0 Å². The van der Waals surface area contributed by atoms with Gasteiger partial charge in [-0.15, -0.1) is 0 Å². The minimum atomic E-state index is -3.90. The number of hydrogen-bond acceptors (Lipinski definition) is 4. The van der Waals surface area contributed by atoms with Crippen molar-refractivity contribution in [2.75, 3.05) is 16.2 Å². The molecule has 1 fully saturated rings. The third kappa shape index (κ3) is 3.92. The van der Waals surface area contributed by atoms with Crippen LogP contribution in [0.2, 0.25) is 0 Å². The van der Waals surface area contributed by atoms with Crippen molar-refractivity contribution in [1.82, 2.24) is 0 Å². The first-order chi connectivity index (χ1) is 12.7. The molecule has 1 amide bonds. The molecule has 1 atom stereocenters. The zero-order chi connectivity index (χ0) is 19.8. The van der Waals surface area contributed by atoms with E-state index in [1.165, 1.54) is 41.3 Å². The molecule has 0 radical (unpaired) electrons. The van der Waals surface area contributed by atoms with Gasteiger partial charge < -0.3 is 10.0 Å². The number of aryl methyl sites for hydroxylation is 1. The number of hydrogen-bond donors (Lipinski definition) is 2. The lowest BCUT2D eigenvalue weighted by atomic mass is 10.1. The van der Waals surface area contributed by atoms with Crippen LogP contribution in [0.4, 0.5) is 15.8 Å². The Hall–Kier alpha value is -2.94. The molecule has 1 heterocycles. The molecule has 142 valence electrons. The monoisotopic (exact) mass is 392 g/mol. The van der Waals surface area contributed by atoms with Gasteiger partial charge in [0, 0.05) is 18.7 Å². The Morgan fingerprint density at radius 3 is 2.44 bits per heavy atom. The van der Waals surface area contributed by atoms with Crippen molar-refractivity contribution in [3.05, 3.63) is 53.8 Å². The summed E-state index contributed by atoms with van der Waals surface area (Å²) in [6.07, 6.45) is -0.0826. The molecule has 1 saturated heterocycles. The third-order valence-electron chi connectivity index (χ3n) is 4.37. The standard InChI is InChI=1S/C18H17FN2O5S/c1-11-8-13(19)2-7-16(11)20-27(25,26)15-5-3-14(4-6-15)21-10-12(18(23)24)9-17(21)22/h2-8,12,20H,9-10H2,1H3,(H,23,24). The first kappa shape index (κ1) is 18.8. The van der Waals surface area contributed by atoms with Gasteiger partial charge in [0.1, 0.15) is 5.82 Å². The number of anilines is 2. The van der Waals surface area contributed by atoms with E-state index in [4.69, 9.17) is 5.11 Å². The van der Waals surface area contributed by atoms with E-state index >= 15 is 0 Å². The average molecular weight is 392 g/mol. The first-order valence-electron chi connectivity index (χ1n) is 8.09. The average Bonchev–Trinajstić information content (AvgIpc) is 3.00. The number of nitrogens with one attached hydrogen (secondary N) is 1. The zero-order valence-electron chi connectivity index (χ0n) is 14.3. The SMILES string of the molecule is Cc1cc(F)ccc1NS(=O)(=O)c1ccc(N2CC(C(=O)O)CC2=O)cc1. The largest absolute Gasteiger partial charge is 0.481 e. The summed E-state index contributed by atoms with van der Waals surface area (Å²) in [7, 11) is -3.90. The summed E-state index contributed by atoms with van der Waals surface area (Å²) in [4.78, 5) is 24.3. The minimum absolute atomic E-state index is 0.0311. The van der Waals surface area contributed by atoms with E-state index in [2.05, 4.69) is 4.72 Å². The molecule has 0 bridgehead atoms. The van der Waals surface area contributed by atoms with E-state index in [9.17, 15) is 22.4 Å². The fourth-order valence-electron chi connectivity index (χ4n) is 2.87. The minimum Gasteiger partial charge on any atom is -0.481 e. The lowest BCUT2D eigenvalue weighted by Crippen LogP contribution is -2.25. The van der Waals surface area contributed by atoms with Crippen LogP contribution in [-0.2, 0) is 19.6 Å². The fraction of sp³-hybridized carbons (Fsp3) is 0.222. The van der Waals surface area contributed by atoms with Crippen molar-refractivity contribution in [2.24, 2.45) is 5.92 Å². The summed E-state index contributed by atoms with van der Waals surface area (Å²) in [6.45, 7) is 1.63. The van der Waals surface area contributed by atoms with Crippen LogP contribution in [0.1, 0.15) is 12.0 Å². The van der Waals surface area contributed by atoms with Gasteiger partial charge in [-0.1, -0.05) is 0 Å². The Morgan fingerprint density at radius 2 is 1.89 bits per heavy atom. The van der Waals surface area contributed by atoms with E-state index in [1.54, 1.807) is 6.92 Å². The molecule has 27 heavy (non-hydrogen) atoms. The molecule has 2 aromatic rings. The Kier molecular flexibility index (Phi) is 4.88. The smallest absolute Gasteiger partial charge is 0.308 e. The molecule has 1 unspecified atom stereocenters. The van der Waals surface area contributed by atoms with Gasteiger partial charge in [0.15, 0.2) is 0 Å². The van der Waals surface area contributed by atoms with Crippen LogP contribution in [0.15, 0.2) is 47.4 Å². The van der Waals surface area contributed by atoms with Gasteiger partial charge >= 0.3 is 5.97 Å². The maximum atomic E-state index is 13.2. The normalized spacial score (nSPS) is 17.2. The predicted octanol–water partition coefficient (Wildman–Crippen LogP) is 2.37. The third-order valence-corrected chi connectivity index (χ3v) is 5.75. The van der Waals surface area contributed by atoms with Crippen molar-refractivity contribution >= 4 is 33.3 Å². The lowest BCUT2D eigenvalue weighted by molar-refractivity contribution is -0.141. The zero-order valence-corrected chi connectivity index (χ0v) is 15.2. The topological polar surface area (TPSA) is 104 Å². The highest BCUT2D eigenvalue weighted by Gasteiger charge is 2.35. The predicted molar refractivity (Wildman–Crippen MR) is 96.5 cm³/mol. The number of halogens is 1. The van der Waals surface area contributed by atoms with Gasteiger partial charge in [-0.3, -0.25) is 14.3 Å². The van der Waals surface area contributed by atoms with Crippen molar-refractivity contribution in [1.29, 1.82) is 0 Å². The van der Waals surface area contributed by atoms with Gasteiger partial charge in [0.25, 0.3) is 10.0 Å². The van der Waals surface area contributed by atoms with Crippen molar-refractivity contribution in [2.45, 2.75) is 18.2 Å². The van der Waals surface area contributed by atoms with Crippen LogP contribution in [0.5, 0.6) is 0 Å². The number of rotatable bonds is 5. The first-order valence-corrected chi connectivity index (χ1v) is 9.58. The summed E-state index contributed by atoms with van der Waals surface area (Å²) in [5.41, 5.74) is 1.14. The Morgan fingerprint density at radius 1 is 1.22 bits per heavy atom. The number of carbonyl (C=O) groups is 2. The molecule has 0 aromatic heterocycles. The molecule has 1 aliphatic heterocycles. The summed E-state index contributed by atoms with van der Waals surface area (Å²) in [5.74, 6) is -2.60. The van der Waals surface area contributed by atoms with Crippen molar-refractivity contribution in [3.8, 4) is 0 Å². The van der Waals surface area contributed by atoms with Crippen LogP contribution in [0.3, 0.4) is 0 Å². The number of sulfonamides is 1. The molecular weight excluding hydrogens is 375 g/mol. The van der Waals surface area contributed by atoms with E-state index in [1.807, 2.05) is 0 Å². The number of nitrogens with zero attached hydrogens (tertiary/aromatic N) is 1. The molecular formula is C18H17FN2O5S. The van der Waals surface area contributed by atoms with Crippen LogP contribution in [-0.4, -0.2) is 31.9 Å². The lowest BCUT2D eigenvalue weighted by Gasteiger charge is -2.17. The van der Waals surface area contributed by atoms with E-state index < -0.39 is 27.7 Å². The van der Waals surface area contributed by atoms with Gasteiger partial charge in [-0.25, -0.2) is 12.8 Å². The Bertz CT molecular complexity index is 1000. The molecule has 3 rings (SSSR count). The summed E-state index contributed by atoms with van der Waals surface area (Å²) in [6, 6.07) is 9.29. The number of benzene rings is 2. The Labute approximate surface area is 155 Å². The molecule has 2 aromatic carbocycles. The number of amides is 1. The molecule has 0 saturated carbocycles. The highest BCUT2D eigenvalue weighted by Crippen LogP contribution is 2.27. The van der Waals surface area contributed by atoms with E-state index in [0.717, 1.165) is 6.07 Å². The van der Waals surface area contributed by atoms with E-state index in [0.29, 0.717) is 11.3 Å². The van der Waals surface area contributed by atoms with Crippen LogP contribution < -0.4 is 9.62 Å². The number of aliphatic carboxylic acids is 1. The second kappa shape index (κ2) is 6.99. The quantitative estimate of drug-likeness (QED) is 0.813. The molecule has 0 spiro atoms. The van der Waals surface area contributed by atoms with Gasteiger partial charge in [0.05, 0.1) is 16.5 Å². The molecule has 9 heteroatoms. The summed E-state index contributed by atoms with van der Waals surface area (Å²) < 4.78 is 40.6. The highest BCUT2D eigenvalue weighted by molar-refractivity contribution is 7.92. The highest BCUT2D eigenvalue weighted by atomic mass is 32.2. The van der Waals surface area contributed by atoms with Gasteiger partial charge in [-0.2, -0.15) is 0 Å². The molecule has 0 aliphatic carbocycles. The summed E-state index contributed by atoms with van der Waals surface area (Å²) in [5, 5.41) is 9.04. The number of carbonyl (C=O) groups excluding carboxylic acids is 1. The maximum absolute atomic E-state index is 13.2.